The van der Waals surface area contributed by atoms with Crippen molar-refractivity contribution in [3.63, 3.8) is 0 Å². The third-order valence-corrected chi connectivity index (χ3v) is 3.21. The van der Waals surface area contributed by atoms with Gasteiger partial charge in [0.15, 0.2) is 0 Å². The predicted molar refractivity (Wildman–Crippen MR) is 72.2 cm³/mol. The molecule has 2 heterocycles. The molecule has 0 saturated carbocycles. The number of nitrogens with zero attached hydrogens (tertiary/aromatic N) is 2. The van der Waals surface area contributed by atoms with Crippen molar-refractivity contribution in [1.29, 1.82) is 0 Å². The highest BCUT2D eigenvalue weighted by Crippen LogP contribution is 2.22. The van der Waals surface area contributed by atoms with Crippen molar-refractivity contribution in [2.45, 2.75) is 26.8 Å². The minimum atomic E-state index is -0.268. The Balaban J connectivity index is 2.20. The molecule has 0 bridgehead atoms. The van der Waals surface area contributed by atoms with E-state index in [4.69, 9.17) is 0 Å². The number of pyridine rings is 1. The molecular weight excluding hydrogens is 229 g/mol. The third kappa shape index (κ3) is 3.07. The maximum absolute atomic E-state index is 13.3. The summed E-state index contributed by atoms with van der Waals surface area (Å²) in [5.74, 6) is 0.636. The molecule has 1 N–H and O–H groups in total. The first-order chi connectivity index (χ1) is 8.70. The van der Waals surface area contributed by atoms with E-state index in [-0.39, 0.29) is 5.82 Å². The molecule has 98 valence electrons. The molecular formula is C14H20FN3. The standard InChI is InChI=1S/C14H20FN3/c1-3-16-9-12-8-13(15)10-17-14(12)18-6-4-11(2)5-7-18/h4,8,10,16H,3,5-7,9H2,1-2H3. The normalized spacial score (nSPS) is 15.7. The van der Waals surface area contributed by atoms with Gasteiger partial charge in [0, 0.05) is 25.2 Å². The first-order valence-corrected chi connectivity index (χ1v) is 6.46. The average molecular weight is 249 g/mol. The molecule has 0 aliphatic carbocycles. The van der Waals surface area contributed by atoms with Crippen molar-refractivity contribution >= 4 is 5.82 Å². The predicted octanol–water partition coefficient (Wildman–Crippen LogP) is 2.49. The number of rotatable bonds is 4. The van der Waals surface area contributed by atoms with E-state index in [2.05, 4.69) is 28.2 Å². The van der Waals surface area contributed by atoms with Gasteiger partial charge in [0.05, 0.1) is 6.20 Å². The van der Waals surface area contributed by atoms with E-state index in [1.165, 1.54) is 11.8 Å². The van der Waals surface area contributed by atoms with Crippen LogP contribution in [0.4, 0.5) is 10.2 Å². The Hall–Kier alpha value is -1.42. The van der Waals surface area contributed by atoms with Crippen LogP contribution in [0.5, 0.6) is 0 Å². The Labute approximate surface area is 108 Å². The van der Waals surface area contributed by atoms with Crippen molar-refractivity contribution in [3.8, 4) is 0 Å². The van der Waals surface area contributed by atoms with Crippen LogP contribution in [0.1, 0.15) is 25.8 Å². The maximum atomic E-state index is 13.3. The highest BCUT2D eigenvalue weighted by atomic mass is 19.1. The van der Waals surface area contributed by atoms with Gasteiger partial charge in [-0.3, -0.25) is 0 Å². The summed E-state index contributed by atoms with van der Waals surface area (Å²) in [6.07, 6.45) is 4.57. The van der Waals surface area contributed by atoms with E-state index in [1.807, 2.05) is 6.92 Å². The summed E-state index contributed by atoms with van der Waals surface area (Å²) >= 11 is 0. The van der Waals surface area contributed by atoms with Crippen molar-refractivity contribution in [3.05, 3.63) is 35.3 Å². The summed E-state index contributed by atoms with van der Waals surface area (Å²) in [6.45, 7) is 7.54. The van der Waals surface area contributed by atoms with Gasteiger partial charge in [-0.1, -0.05) is 18.6 Å². The third-order valence-electron chi connectivity index (χ3n) is 3.21. The molecule has 3 nitrogen and oxygen atoms in total. The second-order valence-electron chi connectivity index (χ2n) is 4.66. The molecule has 1 aliphatic heterocycles. The second-order valence-corrected chi connectivity index (χ2v) is 4.66. The van der Waals surface area contributed by atoms with Gasteiger partial charge in [-0.2, -0.15) is 0 Å². The van der Waals surface area contributed by atoms with E-state index in [1.54, 1.807) is 6.07 Å². The lowest BCUT2D eigenvalue weighted by Crippen LogP contribution is -2.30. The van der Waals surface area contributed by atoms with Crippen LogP contribution in [0.25, 0.3) is 0 Å². The van der Waals surface area contributed by atoms with Crippen molar-refractivity contribution in [2.75, 3.05) is 24.5 Å². The van der Waals surface area contributed by atoms with Gasteiger partial charge in [0.2, 0.25) is 0 Å². The first-order valence-electron chi connectivity index (χ1n) is 6.46. The van der Waals surface area contributed by atoms with E-state index < -0.39 is 0 Å². The molecule has 0 spiro atoms. The van der Waals surface area contributed by atoms with Crippen LogP contribution in [-0.4, -0.2) is 24.6 Å². The lowest BCUT2D eigenvalue weighted by atomic mass is 10.1. The van der Waals surface area contributed by atoms with Gasteiger partial charge < -0.3 is 10.2 Å². The highest BCUT2D eigenvalue weighted by molar-refractivity contribution is 5.48. The second kappa shape index (κ2) is 5.96. The van der Waals surface area contributed by atoms with Crippen LogP contribution in [0, 0.1) is 5.82 Å². The van der Waals surface area contributed by atoms with Crippen LogP contribution in [0.2, 0.25) is 0 Å². The maximum Gasteiger partial charge on any atom is 0.141 e. The van der Waals surface area contributed by atoms with Crippen LogP contribution >= 0.6 is 0 Å². The van der Waals surface area contributed by atoms with Crippen molar-refractivity contribution < 1.29 is 4.39 Å². The summed E-state index contributed by atoms with van der Waals surface area (Å²) in [6, 6.07) is 1.58. The summed E-state index contributed by atoms with van der Waals surface area (Å²) in [7, 11) is 0. The molecule has 0 unspecified atom stereocenters. The van der Waals surface area contributed by atoms with E-state index in [9.17, 15) is 4.39 Å². The summed E-state index contributed by atoms with van der Waals surface area (Å²) in [5, 5.41) is 3.23. The van der Waals surface area contributed by atoms with Gasteiger partial charge in [0.1, 0.15) is 11.6 Å². The monoisotopic (exact) mass is 249 g/mol. The SMILES string of the molecule is CCNCc1cc(F)cnc1N1CC=C(C)CC1. The molecule has 0 fully saturated rings. The topological polar surface area (TPSA) is 28.2 Å². The number of nitrogens with one attached hydrogen (secondary N) is 1. The number of hydrogen-bond acceptors (Lipinski definition) is 3. The summed E-state index contributed by atoms with van der Waals surface area (Å²) in [5.41, 5.74) is 2.35. The molecule has 1 aromatic heterocycles. The minimum absolute atomic E-state index is 0.268. The number of aromatic nitrogens is 1. The van der Waals surface area contributed by atoms with Crippen LogP contribution < -0.4 is 10.2 Å². The molecule has 0 radical (unpaired) electrons. The molecule has 0 atom stereocenters. The lowest BCUT2D eigenvalue weighted by Gasteiger charge is -2.28. The zero-order chi connectivity index (χ0) is 13.0. The summed E-state index contributed by atoms with van der Waals surface area (Å²) < 4.78 is 13.3. The molecule has 0 saturated heterocycles. The largest absolute Gasteiger partial charge is 0.352 e. The van der Waals surface area contributed by atoms with E-state index in [0.29, 0.717) is 6.54 Å². The highest BCUT2D eigenvalue weighted by Gasteiger charge is 2.15. The fraction of sp³-hybridized carbons (Fsp3) is 0.500. The lowest BCUT2D eigenvalue weighted by molar-refractivity contribution is 0.612. The van der Waals surface area contributed by atoms with E-state index >= 15 is 0 Å². The zero-order valence-electron chi connectivity index (χ0n) is 11.0. The first kappa shape index (κ1) is 13.0. The van der Waals surface area contributed by atoms with Gasteiger partial charge >= 0.3 is 0 Å². The van der Waals surface area contributed by atoms with Gasteiger partial charge in [-0.25, -0.2) is 9.37 Å². The van der Waals surface area contributed by atoms with Crippen LogP contribution in [0.15, 0.2) is 23.9 Å². The van der Waals surface area contributed by atoms with Gasteiger partial charge in [0.25, 0.3) is 0 Å². The quantitative estimate of drug-likeness (QED) is 0.831. The Kier molecular flexibility index (Phi) is 4.31. The molecule has 2 rings (SSSR count). The van der Waals surface area contributed by atoms with Gasteiger partial charge in [-0.15, -0.1) is 0 Å². The number of halogens is 1. The van der Waals surface area contributed by atoms with Crippen molar-refractivity contribution in [1.82, 2.24) is 10.3 Å². The number of anilines is 1. The Morgan fingerprint density at radius 1 is 1.50 bits per heavy atom. The van der Waals surface area contributed by atoms with Gasteiger partial charge in [-0.05, 0) is 26.0 Å². The van der Waals surface area contributed by atoms with Crippen molar-refractivity contribution in [2.24, 2.45) is 0 Å². The Morgan fingerprint density at radius 2 is 2.33 bits per heavy atom. The fourth-order valence-electron chi connectivity index (χ4n) is 2.11. The smallest absolute Gasteiger partial charge is 0.141 e. The molecule has 0 aromatic carbocycles. The molecule has 4 heteroatoms. The zero-order valence-corrected chi connectivity index (χ0v) is 11.0. The average Bonchev–Trinajstić information content (AvgIpc) is 2.38. The molecule has 1 aliphatic rings. The Bertz CT molecular complexity index is 443. The molecule has 18 heavy (non-hydrogen) atoms. The molecule has 0 amide bonds. The Morgan fingerprint density at radius 3 is 3.00 bits per heavy atom. The number of hydrogen-bond donors (Lipinski definition) is 1. The minimum Gasteiger partial charge on any atom is -0.352 e. The molecule has 1 aromatic rings. The van der Waals surface area contributed by atoms with E-state index in [0.717, 1.165) is 37.4 Å². The summed E-state index contributed by atoms with van der Waals surface area (Å²) in [4.78, 5) is 6.47. The van der Waals surface area contributed by atoms with Crippen LogP contribution in [-0.2, 0) is 6.54 Å². The van der Waals surface area contributed by atoms with Crippen LogP contribution in [0.3, 0.4) is 0 Å². The fourth-order valence-corrected chi connectivity index (χ4v) is 2.11.